The van der Waals surface area contributed by atoms with E-state index in [1.165, 1.54) is 11.3 Å². The van der Waals surface area contributed by atoms with Crippen molar-refractivity contribution in [3.05, 3.63) is 23.5 Å². The largest absolute Gasteiger partial charge is 0.481 e. The van der Waals surface area contributed by atoms with Crippen molar-refractivity contribution in [2.24, 2.45) is 11.3 Å². The van der Waals surface area contributed by atoms with E-state index in [0.717, 1.165) is 10.7 Å². The van der Waals surface area contributed by atoms with E-state index in [-0.39, 0.29) is 24.8 Å². The molecule has 0 aromatic carbocycles. The quantitative estimate of drug-likeness (QED) is 0.900. The van der Waals surface area contributed by atoms with Gasteiger partial charge in [-0.1, -0.05) is 0 Å². The fourth-order valence-corrected chi connectivity index (χ4v) is 4.51. The van der Waals surface area contributed by atoms with Crippen molar-refractivity contribution in [3.8, 4) is 0 Å². The number of carbonyl (C=O) groups excluding carboxylic acids is 1. The van der Waals surface area contributed by atoms with E-state index < -0.39 is 11.4 Å². The highest BCUT2D eigenvalue weighted by molar-refractivity contribution is 7.15. The summed E-state index contributed by atoms with van der Waals surface area (Å²) in [5, 5.41) is 11.6. The Morgan fingerprint density at radius 1 is 1.52 bits per heavy atom. The average molecular weight is 335 g/mol. The van der Waals surface area contributed by atoms with Gasteiger partial charge in [0, 0.05) is 49.1 Å². The van der Waals surface area contributed by atoms with Crippen LogP contribution in [0.15, 0.2) is 17.8 Å². The highest BCUT2D eigenvalue weighted by Crippen LogP contribution is 2.42. The number of imidazole rings is 1. The van der Waals surface area contributed by atoms with Gasteiger partial charge in [-0.3, -0.25) is 14.0 Å². The Balaban J connectivity index is 1.53. The van der Waals surface area contributed by atoms with Gasteiger partial charge < -0.3 is 14.7 Å². The molecule has 2 aromatic heterocycles. The third-order valence-electron chi connectivity index (χ3n) is 5.03. The van der Waals surface area contributed by atoms with Gasteiger partial charge in [-0.15, -0.1) is 11.3 Å². The fraction of sp³-hybridized carbons (Fsp3) is 0.533. The molecule has 2 atom stereocenters. The number of rotatable bonds is 3. The molecule has 2 aliphatic rings. The minimum absolute atomic E-state index is 0.0339. The van der Waals surface area contributed by atoms with Gasteiger partial charge in [0.25, 0.3) is 0 Å². The lowest BCUT2D eigenvalue weighted by Crippen LogP contribution is -2.45. The summed E-state index contributed by atoms with van der Waals surface area (Å²) in [4.78, 5) is 31.2. The van der Waals surface area contributed by atoms with E-state index in [1.54, 1.807) is 11.1 Å². The first kappa shape index (κ1) is 14.6. The van der Waals surface area contributed by atoms with Crippen LogP contribution in [0.25, 0.3) is 4.96 Å². The molecule has 4 heterocycles. The maximum absolute atomic E-state index is 12.6. The van der Waals surface area contributed by atoms with Crippen LogP contribution in [0.4, 0.5) is 0 Å². The summed E-state index contributed by atoms with van der Waals surface area (Å²) in [7, 11) is 0. The molecular formula is C15H17N3O4S. The highest BCUT2D eigenvalue weighted by Gasteiger charge is 2.54. The molecule has 0 radical (unpaired) electrons. The standard InChI is InChI=1S/C15H17N3O4S/c19-12(5-11-8-23-14-16-2-3-18(11)14)17-6-10-7-22-4-1-15(10,9-17)13(20)21/h2-3,8,10H,1,4-7,9H2,(H,20,21)/t10-,15+/m0/s1. The molecule has 0 unspecified atom stereocenters. The summed E-state index contributed by atoms with van der Waals surface area (Å²) in [5.41, 5.74) is 0.0513. The average Bonchev–Trinajstić information content (AvgIpc) is 3.21. The number of aromatic nitrogens is 2. The Morgan fingerprint density at radius 2 is 2.39 bits per heavy atom. The van der Waals surface area contributed by atoms with Crippen LogP contribution in [0.3, 0.4) is 0 Å². The summed E-state index contributed by atoms with van der Waals surface area (Å²) in [6.07, 6.45) is 4.28. The minimum atomic E-state index is -0.840. The third-order valence-corrected chi connectivity index (χ3v) is 5.94. The summed E-state index contributed by atoms with van der Waals surface area (Å²) < 4.78 is 7.33. The van der Waals surface area contributed by atoms with Crippen molar-refractivity contribution in [2.75, 3.05) is 26.3 Å². The molecule has 2 aromatic rings. The zero-order valence-corrected chi connectivity index (χ0v) is 13.3. The third kappa shape index (κ3) is 2.24. The number of carboxylic acids is 1. The Morgan fingerprint density at radius 3 is 3.17 bits per heavy atom. The van der Waals surface area contributed by atoms with Gasteiger partial charge in [-0.25, -0.2) is 4.98 Å². The van der Waals surface area contributed by atoms with E-state index in [2.05, 4.69) is 4.98 Å². The minimum Gasteiger partial charge on any atom is -0.481 e. The molecule has 0 saturated carbocycles. The van der Waals surface area contributed by atoms with Crippen molar-refractivity contribution in [1.29, 1.82) is 0 Å². The number of hydrogen-bond donors (Lipinski definition) is 1. The molecule has 23 heavy (non-hydrogen) atoms. The second kappa shape index (κ2) is 5.31. The molecule has 2 fully saturated rings. The summed E-state index contributed by atoms with van der Waals surface area (Å²) in [6.45, 7) is 1.61. The second-order valence-corrected chi connectivity index (χ2v) is 7.08. The SMILES string of the molecule is O=C(Cc1csc2nccn12)N1C[C@H]2COCC[C@@]2(C(=O)O)C1. The van der Waals surface area contributed by atoms with Crippen LogP contribution in [-0.2, 0) is 20.7 Å². The summed E-state index contributed by atoms with van der Waals surface area (Å²) in [6, 6.07) is 0. The van der Waals surface area contributed by atoms with Crippen LogP contribution < -0.4 is 0 Å². The second-order valence-electron chi connectivity index (χ2n) is 6.24. The zero-order valence-electron chi connectivity index (χ0n) is 12.5. The Kier molecular flexibility index (Phi) is 3.38. The van der Waals surface area contributed by atoms with Gasteiger partial charge in [0.15, 0.2) is 4.96 Å². The van der Waals surface area contributed by atoms with Gasteiger partial charge in [-0.2, -0.15) is 0 Å². The highest BCUT2D eigenvalue weighted by atomic mass is 32.1. The molecule has 4 rings (SSSR count). The van der Waals surface area contributed by atoms with Crippen molar-refractivity contribution in [1.82, 2.24) is 14.3 Å². The molecule has 1 N–H and O–H groups in total. The molecule has 2 saturated heterocycles. The predicted octanol–water partition coefficient (Wildman–Crippen LogP) is 0.888. The Bertz CT molecular complexity index is 770. The molecule has 0 spiro atoms. The Hall–Kier alpha value is -1.93. The first-order chi connectivity index (χ1) is 11.1. The van der Waals surface area contributed by atoms with E-state index in [0.29, 0.717) is 26.2 Å². The van der Waals surface area contributed by atoms with E-state index in [4.69, 9.17) is 4.74 Å². The predicted molar refractivity (Wildman–Crippen MR) is 82.3 cm³/mol. The van der Waals surface area contributed by atoms with Crippen LogP contribution >= 0.6 is 11.3 Å². The number of ether oxygens (including phenoxy) is 1. The van der Waals surface area contributed by atoms with E-state index in [9.17, 15) is 14.7 Å². The van der Waals surface area contributed by atoms with E-state index >= 15 is 0 Å². The van der Waals surface area contributed by atoms with E-state index in [1.807, 2.05) is 16.0 Å². The maximum Gasteiger partial charge on any atom is 0.311 e. The first-order valence-corrected chi connectivity index (χ1v) is 8.46. The van der Waals surface area contributed by atoms with Gasteiger partial charge in [0.1, 0.15) is 0 Å². The zero-order chi connectivity index (χ0) is 16.0. The lowest BCUT2D eigenvalue weighted by molar-refractivity contribution is -0.157. The van der Waals surface area contributed by atoms with Crippen molar-refractivity contribution < 1.29 is 19.4 Å². The van der Waals surface area contributed by atoms with Crippen LogP contribution in [0.2, 0.25) is 0 Å². The lowest BCUT2D eigenvalue weighted by atomic mass is 9.74. The summed E-state index contributed by atoms with van der Waals surface area (Å²) in [5.74, 6) is -0.963. The van der Waals surface area contributed by atoms with Crippen LogP contribution in [0.1, 0.15) is 12.1 Å². The molecular weight excluding hydrogens is 318 g/mol. The van der Waals surface area contributed by atoms with Crippen molar-refractivity contribution >= 4 is 28.2 Å². The molecule has 7 nitrogen and oxygen atoms in total. The lowest BCUT2D eigenvalue weighted by Gasteiger charge is -2.33. The number of amides is 1. The van der Waals surface area contributed by atoms with Gasteiger partial charge in [0.2, 0.25) is 5.91 Å². The van der Waals surface area contributed by atoms with Gasteiger partial charge in [0.05, 0.1) is 18.4 Å². The van der Waals surface area contributed by atoms with Crippen LogP contribution in [-0.4, -0.2) is 57.6 Å². The molecule has 0 bridgehead atoms. The smallest absolute Gasteiger partial charge is 0.311 e. The number of hydrogen-bond acceptors (Lipinski definition) is 5. The number of likely N-dealkylation sites (tertiary alicyclic amines) is 1. The molecule has 8 heteroatoms. The maximum atomic E-state index is 12.6. The fourth-order valence-electron chi connectivity index (χ4n) is 3.66. The Labute approximate surface area is 136 Å². The molecule has 0 aliphatic carbocycles. The van der Waals surface area contributed by atoms with Crippen LogP contribution in [0.5, 0.6) is 0 Å². The van der Waals surface area contributed by atoms with Gasteiger partial charge >= 0.3 is 5.97 Å². The molecule has 2 aliphatic heterocycles. The topological polar surface area (TPSA) is 84.1 Å². The number of carbonyl (C=O) groups is 2. The number of carboxylic acid groups (broad SMARTS) is 1. The molecule has 1 amide bonds. The van der Waals surface area contributed by atoms with Crippen molar-refractivity contribution in [2.45, 2.75) is 12.8 Å². The normalized spacial score (nSPS) is 27.3. The van der Waals surface area contributed by atoms with Crippen molar-refractivity contribution in [3.63, 3.8) is 0 Å². The molecule has 122 valence electrons. The number of nitrogens with zero attached hydrogens (tertiary/aromatic N) is 3. The monoisotopic (exact) mass is 335 g/mol. The number of aliphatic carboxylic acids is 1. The summed E-state index contributed by atoms with van der Waals surface area (Å²) >= 11 is 1.50. The number of fused-ring (bicyclic) bond motifs is 2. The first-order valence-electron chi connectivity index (χ1n) is 7.58. The van der Waals surface area contributed by atoms with Crippen LogP contribution in [0, 0.1) is 11.3 Å². The van der Waals surface area contributed by atoms with Gasteiger partial charge in [-0.05, 0) is 6.42 Å². The number of thiazole rings is 1.